The molecule has 0 bridgehead atoms. The van der Waals surface area contributed by atoms with Crippen molar-refractivity contribution in [2.45, 2.75) is 63.5 Å². The highest BCUT2D eigenvalue weighted by Gasteiger charge is 2.26. The van der Waals surface area contributed by atoms with E-state index in [1.54, 1.807) is 12.1 Å². The number of rotatable bonds is 8. The van der Waals surface area contributed by atoms with E-state index in [2.05, 4.69) is 32.6 Å². The molecule has 35 heavy (non-hydrogen) atoms. The molecule has 0 aromatic heterocycles. The SMILES string of the molecule is O=C(Nc1ccc(N2CCC(NCC(c3ccc(F)cc3)N3CCCC3)CC2)cc1)C1CCCC1. The molecule has 1 aliphatic carbocycles. The Morgan fingerprint density at radius 2 is 1.51 bits per heavy atom. The molecular weight excluding hydrogens is 439 g/mol. The number of amides is 1. The number of likely N-dealkylation sites (tertiary alicyclic amines) is 1. The summed E-state index contributed by atoms with van der Waals surface area (Å²) in [6, 6.07) is 16.2. The van der Waals surface area contributed by atoms with Gasteiger partial charge in [-0.15, -0.1) is 0 Å². The van der Waals surface area contributed by atoms with Crippen molar-refractivity contribution in [3.63, 3.8) is 0 Å². The van der Waals surface area contributed by atoms with Crippen LogP contribution >= 0.6 is 0 Å². The maximum atomic E-state index is 13.5. The molecule has 2 aromatic carbocycles. The third-order valence-corrected chi connectivity index (χ3v) is 8.16. The molecule has 1 saturated carbocycles. The van der Waals surface area contributed by atoms with E-state index in [0.717, 1.165) is 64.1 Å². The van der Waals surface area contributed by atoms with Crippen LogP contribution in [0.4, 0.5) is 15.8 Å². The molecule has 2 aliphatic heterocycles. The average Bonchev–Trinajstić information content (AvgIpc) is 3.61. The Hall–Kier alpha value is -2.44. The molecule has 3 aliphatic rings. The van der Waals surface area contributed by atoms with Gasteiger partial charge in [0.1, 0.15) is 5.82 Å². The molecule has 2 N–H and O–H groups in total. The summed E-state index contributed by atoms with van der Waals surface area (Å²) >= 11 is 0. The fourth-order valence-electron chi connectivity index (χ4n) is 6.00. The Morgan fingerprint density at radius 1 is 0.857 bits per heavy atom. The third kappa shape index (κ3) is 6.22. The number of carbonyl (C=O) groups is 1. The number of nitrogens with one attached hydrogen (secondary N) is 2. The molecule has 2 heterocycles. The zero-order valence-electron chi connectivity index (χ0n) is 20.7. The van der Waals surface area contributed by atoms with Crippen molar-refractivity contribution in [1.82, 2.24) is 10.2 Å². The second-order valence-corrected chi connectivity index (χ2v) is 10.5. The van der Waals surface area contributed by atoms with E-state index in [1.165, 1.54) is 36.9 Å². The highest BCUT2D eigenvalue weighted by atomic mass is 19.1. The maximum Gasteiger partial charge on any atom is 0.227 e. The van der Waals surface area contributed by atoms with Crippen LogP contribution < -0.4 is 15.5 Å². The Labute approximate surface area is 209 Å². The second kappa shape index (κ2) is 11.5. The number of benzene rings is 2. The summed E-state index contributed by atoms with van der Waals surface area (Å²) in [5, 5.41) is 6.93. The molecule has 1 amide bonds. The Bertz CT molecular complexity index is 944. The van der Waals surface area contributed by atoms with Crippen molar-refractivity contribution >= 4 is 17.3 Å². The first-order valence-corrected chi connectivity index (χ1v) is 13.5. The summed E-state index contributed by atoms with van der Waals surface area (Å²) in [6.45, 7) is 5.21. The van der Waals surface area contributed by atoms with Gasteiger partial charge in [0.25, 0.3) is 0 Å². The van der Waals surface area contributed by atoms with Crippen molar-refractivity contribution in [2.24, 2.45) is 5.92 Å². The largest absolute Gasteiger partial charge is 0.371 e. The lowest BCUT2D eigenvalue weighted by Gasteiger charge is -2.36. The third-order valence-electron chi connectivity index (χ3n) is 8.16. The monoisotopic (exact) mass is 478 g/mol. The van der Waals surface area contributed by atoms with E-state index < -0.39 is 0 Å². The van der Waals surface area contributed by atoms with E-state index in [9.17, 15) is 9.18 Å². The van der Waals surface area contributed by atoms with Gasteiger partial charge in [-0.1, -0.05) is 25.0 Å². The molecule has 1 unspecified atom stereocenters. The zero-order chi connectivity index (χ0) is 24.0. The van der Waals surface area contributed by atoms with Gasteiger partial charge in [-0.25, -0.2) is 4.39 Å². The van der Waals surface area contributed by atoms with Crippen LogP contribution in [0.15, 0.2) is 48.5 Å². The number of hydrogen-bond acceptors (Lipinski definition) is 4. The van der Waals surface area contributed by atoms with Crippen LogP contribution in [0.5, 0.6) is 0 Å². The molecule has 5 nitrogen and oxygen atoms in total. The van der Waals surface area contributed by atoms with Crippen molar-refractivity contribution in [1.29, 1.82) is 0 Å². The molecule has 3 fully saturated rings. The lowest BCUT2D eigenvalue weighted by Crippen LogP contribution is -2.45. The second-order valence-electron chi connectivity index (χ2n) is 10.5. The van der Waals surface area contributed by atoms with E-state index in [4.69, 9.17) is 0 Å². The first-order valence-electron chi connectivity index (χ1n) is 13.5. The summed E-state index contributed by atoms with van der Waals surface area (Å²) in [5.41, 5.74) is 3.33. The summed E-state index contributed by atoms with van der Waals surface area (Å²) < 4.78 is 13.5. The van der Waals surface area contributed by atoms with E-state index in [1.807, 2.05) is 24.3 Å². The van der Waals surface area contributed by atoms with Crippen LogP contribution in [0.3, 0.4) is 0 Å². The minimum absolute atomic E-state index is 0.168. The number of piperidine rings is 1. The first-order chi connectivity index (χ1) is 17.2. The quantitative estimate of drug-likeness (QED) is 0.537. The summed E-state index contributed by atoms with van der Waals surface area (Å²) in [4.78, 5) is 17.4. The molecule has 1 atom stereocenters. The molecule has 6 heteroatoms. The average molecular weight is 479 g/mol. The summed E-state index contributed by atoms with van der Waals surface area (Å²) in [5.74, 6) is 0.197. The van der Waals surface area contributed by atoms with Gasteiger partial charge in [-0.05, 0) is 93.6 Å². The van der Waals surface area contributed by atoms with Gasteiger partial charge < -0.3 is 15.5 Å². The summed E-state index contributed by atoms with van der Waals surface area (Å²) in [6.07, 6.45) is 9.11. The van der Waals surface area contributed by atoms with Crippen molar-refractivity contribution in [3.8, 4) is 0 Å². The topological polar surface area (TPSA) is 47.6 Å². The molecule has 2 aromatic rings. The van der Waals surface area contributed by atoms with Crippen LogP contribution in [0.1, 0.15) is 63.0 Å². The van der Waals surface area contributed by atoms with Gasteiger partial charge in [0.15, 0.2) is 0 Å². The van der Waals surface area contributed by atoms with Crippen molar-refractivity contribution < 1.29 is 9.18 Å². The van der Waals surface area contributed by atoms with Crippen molar-refractivity contribution in [2.75, 3.05) is 42.9 Å². The van der Waals surface area contributed by atoms with Gasteiger partial charge >= 0.3 is 0 Å². The van der Waals surface area contributed by atoms with Crippen molar-refractivity contribution in [3.05, 3.63) is 59.9 Å². The lowest BCUT2D eigenvalue weighted by molar-refractivity contribution is -0.119. The lowest BCUT2D eigenvalue weighted by atomic mass is 10.0. The fourth-order valence-corrected chi connectivity index (χ4v) is 6.00. The normalized spacial score (nSPS) is 20.9. The highest BCUT2D eigenvalue weighted by Crippen LogP contribution is 2.28. The van der Waals surface area contributed by atoms with E-state index in [0.29, 0.717) is 12.1 Å². The number of nitrogens with zero attached hydrogens (tertiary/aromatic N) is 2. The Balaban J connectivity index is 1.11. The molecule has 188 valence electrons. The predicted molar refractivity (Wildman–Crippen MR) is 140 cm³/mol. The van der Waals surface area contributed by atoms with Gasteiger partial charge in [0.05, 0.1) is 0 Å². The van der Waals surface area contributed by atoms with Gasteiger partial charge in [0, 0.05) is 49.0 Å². The minimum Gasteiger partial charge on any atom is -0.371 e. The molecular formula is C29H39FN4O. The van der Waals surface area contributed by atoms with Crippen LogP contribution in [0, 0.1) is 11.7 Å². The molecule has 2 saturated heterocycles. The predicted octanol–water partition coefficient (Wildman–Crippen LogP) is 5.35. The number of carbonyl (C=O) groups excluding carboxylic acids is 1. The van der Waals surface area contributed by atoms with Crippen LogP contribution in [0.2, 0.25) is 0 Å². The first kappa shape index (κ1) is 24.3. The molecule has 0 radical (unpaired) electrons. The maximum absolute atomic E-state index is 13.5. The summed E-state index contributed by atoms with van der Waals surface area (Å²) in [7, 11) is 0. The number of hydrogen-bond donors (Lipinski definition) is 2. The van der Waals surface area contributed by atoms with Crippen LogP contribution in [-0.4, -0.2) is 49.6 Å². The Kier molecular flexibility index (Phi) is 7.99. The van der Waals surface area contributed by atoms with Gasteiger partial charge in [-0.2, -0.15) is 0 Å². The minimum atomic E-state index is -0.168. The molecule has 5 rings (SSSR count). The van der Waals surface area contributed by atoms with E-state index in [-0.39, 0.29) is 17.6 Å². The molecule has 0 spiro atoms. The number of halogens is 1. The number of anilines is 2. The highest BCUT2D eigenvalue weighted by molar-refractivity contribution is 5.92. The van der Waals surface area contributed by atoms with Gasteiger partial charge in [-0.3, -0.25) is 9.69 Å². The van der Waals surface area contributed by atoms with Gasteiger partial charge in [0.2, 0.25) is 5.91 Å². The van der Waals surface area contributed by atoms with Crippen LogP contribution in [0.25, 0.3) is 0 Å². The Morgan fingerprint density at radius 3 is 2.17 bits per heavy atom. The standard InChI is InChI=1S/C29H39FN4O/c30-24-9-7-22(8-10-24)28(34-17-3-4-18-34)21-31-25-15-19-33(20-16-25)27-13-11-26(12-14-27)32-29(35)23-5-1-2-6-23/h7-14,23,25,28,31H,1-6,15-21H2,(H,32,35). The smallest absolute Gasteiger partial charge is 0.227 e. The zero-order valence-corrected chi connectivity index (χ0v) is 20.7. The van der Waals surface area contributed by atoms with Crippen LogP contribution in [-0.2, 0) is 4.79 Å². The fraction of sp³-hybridized carbons (Fsp3) is 0.552. The van der Waals surface area contributed by atoms with E-state index >= 15 is 0 Å².